The topological polar surface area (TPSA) is 54.0 Å². The monoisotopic (exact) mass is 454 g/mol. The Morgan fingerprint density at radius 2 is 1.62 bits per heavy atom. The SMILES string of the molecule is CCCCC(CC)COc1ccc(PC(=O)c2c(OC)cc(OC)cc2OC)c(C)c1.[LiH]. The van der Waals surface area contributed by atoms with Crippen molar-refractivity contribution in [2.45, 2.75) is 46.5 Å². The fourth-order valence-electron chi connectivity index (χ4n) is 3.39. The summed E-state index contributed by atoms with van der Waals surface area (Å²) < 4.78 is 22.2. The molecule has 0 radical (unpaired) electrons. The molecule has 0 bridgehead atoms. The molecule has 5 nitrogen and oxygen atoms in total. The van der Waals surface area contributed by atoms with Crippen LogP contribution in [0, 0.1) is 12.8 Å². The standard InChI is InChI=1S/C25H35O5P.Li.H/c1-7-9-10-18(8-2)16-30-19-11-12-23(17(3)13-19)31-25(26)24-21(28-5)14-20(27-4)15-22(24)29-6;;/h11-15,18,31H,7-10,16H2,1-6H3;;. The molecule has 2 aromatic rings. The molecular weight excluding hydrogens is 418 g/mol. The van der Waals surface area contributed by atoms with Crippen molar-refractivity contribution in [2.75, 3.05) is 27.9 Å². The molecule has 0 aromatic heterocycles. The van der Waals surface area contributed by atoms with Gasteiger partial charge in [0.25, 0.3) is 0 Å². The number of unbranched alkanes of at least 4 members (excludes halogenated alkanes) is 1. The Bertz CT molecular complexity index is 846. The zero-order valence-electron chi connectivity index (χ0n) is 19.5. The molecule has 32 heavy (non-hydrogen) atoms. The average Bonchev–Trinajstić information content (AvgIpc) is 2.79. The van der Waals surface area contributed by atoms with Crippen molar-refractivity contribution >= 4 is 38.3 Å². The van der Waals surface area contributed by atoms with Crippen molar-refractivity contribution in [3.05, 3.63) is 41.5 Å². The van der Waals surface area contributed by atoms with Crippen molar-refractivity contribution < 1.29 is 23.7 Å². The minimum absolute atomic E-state index is 0. The van der Waals surface area contributed by atoms with E-state index in [1.807, 2.05) is 25.1 Å². The Morgan fingerprint density at radius 3 is 2.12 bits per heavy atom. The van der Waals surface area contributed by atoms with E-state index in [0.29, 0.717) is 28.7 Å². The molecule has 0 aliphatic carbocycles. The molecule has 2 unspecified atom stereocenters. The number of benzene rings is 2. The number of rotatable bonds is 13. The molecule has 0 aliphatic heterocycles. The van der Waals surface area contributed by atoms with Crippen LogP contribution in [0.2, 0.25) is 0 Å². The molecule has 0 aliphatic rings. The van der Waals surface area contributed by atoms with Crippen LogP contribution in [0.15, 0.2) is 30.3 Å². The molecule has 0 amide bonds. The van der Waals surface area contributed by atoms with Crippen LogP contribution in [0.4, 0.5) is 0 Å². The van der Waals surface area contributed by atoms with Gasteiger partial charge in [-0.2, -0.15) is 0 Å². The van der Waals surface area contributed by atoms with Crippen LogP contribution in [0.25, 0.3) is 0 Å². The van der Waals surface area contributed by atoms with Crippen LogP contribution in [-0.2, 0) is 0 Å². The predicted octanol–water partition coefficient (Wildman–Crippen LogP) is 5.11. The van der Waals surface area contributed by atoms with Crippen molar-refractivity contribution in [2.24, 2.45) is 5.92 Å². The molecule has 0 N–H and O–H groups in total. The summed E-state index contributed by atoms with van der Waals surface area (Å²) in [7, 11) is 4.59. The van der Waals surface area contributed by atoms with Crippen molar-refractivity contribution in [1.29, 1.82) is 0 Å². The molecule has 0 spiro atoms. The van der Waals surface area contributed by atoms with E-state index in [1.165, 1.54) is 33.5 Å². The summed E-state index contributed by atoms with van der Waals surface area (Å²) in [6.45, 7) is 7.18. The first kappa shape index (κ1) is 28.4. The van der Waals surface area contributed by atoms with E-state index in [-0.39, 0.29) is 33.0 Å². The van der Waals surface area contributed by atoms with Gasteiger partial charge in [-0.25, -0.2) is 0 Å². The Labute approximate surface area is 206 Å². The third kappa shape index (κ3) is 7.73. The third-order valence-electron chi connectivity index (χ3n) is 5.42. The maximum atomic E-state index is 13.1. The molecule has 0 heterocycles. The minimum atomic E-state index is -0.0507. The first-order chi connectivity index (χ1) is 15.0. The van der Waals surface area contributed by atoms with Gasteiger partial charge in [0.05, 0.1) is 27.9 Å². The fourth-order valence-corrected chi connectivity index (χ4v) is 4.44. The van der Waals surface area contributed by atoms with E-state index in [2.05, 4.69) is 13.8 Å². The van der Waals surface area contributed by atoms with Gasteiger partial charge in [-0.05, 0) is 50.8 Å². The van der Waals surface area contributed by atoms with Crippen LogP contribution in [0.3, 0.4) is 0 Å². The summed E-state index contributed by atoms with van der Waals surface area (Å²) in [5.41, 5.74) is 1.43. The Balaban J connectivity index is 0.00000512. The summed E-state index contributed by atoms with van der Waals surface area (Å²) in [5.74, 6) is 2.91. The second-order valence-corrected chi connectivity index (χ2v) is 8.81. The Morgan fingerprint density at radius 1 is 0.969 bits per heavy atom. The van der Waals surface area contributed by atoms with Crippen LogP contribution >= 0.6 is 8.58 Å². The summed E-state index contributed by atoms with van der Waals surface area (Å²) >= 11 is 0. The van der Waals surface area contributed by atoms with Crippen LogP contribution in [0.5, 0.6) is 23.0 Å². The number of hydrogen-bond donors (Lipinski definition) is 0. The van der Waals surface area contributed by atoms with E-state index < -0.39 is 0 Å². The zero-order valence-corrected chi connectivity index (χ0v) is 20.5. The van der Waals surface area contributed by atoms with Gasteiger partial charge in [0.2, 0.25) is 0 Å². The number of carbonyl (C=O) groups excluding carboxylic acids is 1. The number of ether oxygens (including phenoxy) is 4. The van der Waals surface area contributed by atoms with Crippen LogP contribution in [-0.4, -0.2) is 52.3 Å². The van der Waals surface area contributed by atoms with Gasteiger partial charge >= 0.3 is 18.9 Å². The molecular formula is C25H36LiO5P. The molecule has 2 rings (SSSR count). The fraction of sp³-hybridized carbons (Fsp3) is 0.480. The molecule has 2 atom stereocenters. The number of aryl methyl sites for hydroxylation is 1. The third-order valence-corrected chi connectivity index (χ3v) is 6.72. The quantitative estimate of drug-likeness (QED) is 0.311. The first-order valence-electron chi connectivity index (χ1n) is 10.8. The normalized spacial score (nSPS) is 11.7. The van der Waals surface area contributed by atoms with Gasteiger partial charge in [0, 0.05) is 12.1 Å². The molecule has 0 saturated carbocycles. The number of methoxy groups -OCH3 is 3. The van der Waals surface area contributed by atoms with Crippen molar-refractivity contribution in [3.63, 3.8) is 0 Å². The summed E-state index contributed by atoms with van der Waals surface area (Å²) in [5, 5.41) is 0.982. The van der Waals surface area contributed by atoms with Crippen molar-refractivity contribution in [1.82, 2.24) is 0 Å². The average molecular weight is 454 g/mol. The second kappa shape index (κ2) is 14.5. The van der Waals surface area contributed by atoms with E-state index >= 15 is 0 Å². The van der Waals surface area contributed by atoms with E-state index in [0.717, 1.165) is 29.6 Å². The molecule has 0 fully saturated rings. The summed E-state index contributed by atoms with van der Waals surface area (Å²) in [6, 6.07) is 9.36. The van der Waals surface area contributed by atoms with Gasteiger partial charge < -0.3 is 18.9 Å². The van der Waals surface area contributed by atoms with Gasteiger partial charge in [0.1, 0.15) is 28.6 Å². The number of hydrogen-bond acceptors (Lipinski definition) is 5. The van der Waals surface area contributed by atoms with Crippen LogP contribution in [0.1, 0.15) is 55.5 Å². The Hall–Kier alpha value is -1.66. The van der Waals surface area contributed by atoms with Crippen molar-refractivity contribution in [3.8, 4) is 23.0 Å². The molecule has 0 saturated heterocycles. The molecule has 172 valence electrons. The zero-order chi connectivity index (χ0) is 22.8. The van der Waals surface area contributed by atoms with Gasteiger partial charge in [0.15, 0.2) is 5.52 Å². The summed E-state index contributed by atoms with van der Waals surface area (Å²) in [4.78, 5) is 13.1. The van der Waals surface area contributed by atoms with Gasteiger partial charge in [-0.15, -0.1) is 0 Å². The Kier molecular flexibility index (Phi) is 12.8. The second-order valence-electron chi connectivity index (χ2n) is 7.57. The predicted molar refractivity (Wildman–Crippen MR) is 136 cm³/mol. The van der Waals surface area contributed by atoms with Gasteiger partial charge in [-0.1, -0.05) is 39.2 Å². The van der Waals surface area contributed by atoms with E-state index in [1.54, 1.807) is 19.2 Å². The molecule has 7 heteroatoms. The molecule has 2 aromatic carbocycles. The van der Waals surface area contributed by atoms with E-state index in [9.17, 15) is 4.79 Å². The maximum absolute atomic E-state index is 13.1. The van der Waals surface area contributed by atoms with Gasteiger partial charge in [-0.3, -0.25) is 4.79 Å². The number of carbonyl (C=O) groups is 1. The van der Waals surface area contributed by atoms with Crippen LogP contribution < -0.4 is 24.3 Å². The van der Waals surface area contributed by atoms with E-state index in [4.69, 9.17) is 18.9 Å². The summed E-state index contributed by atoms with van der Waals surface area (Å²) in [6.07, 6.45) is 4.77. The first-order valence-corrected chi connectivity index (χ1v) is 11.8.